The number of nitrogens with zero attached hydrogens (tertiary/aromatic N) is 2. The van der Waals surface area contributed by atoms with Gasteiger partial charge in [-0.3, -0.25) is 9.36 Å². The Labute approximate surface area is 215 Å². The fourth-order valence-electron chi connectivity index (χ4n) is 4.05. The van der Waals surface area contributed by atoms with E-state index >= 15 is 0 Å². The van der Waals surface area contributed by atoms with Gasteiger partial charge in [-0.25, -0.2) is 9.78 Å². The van der Waals surface area contributed by atoms with E-state index in [0.717, 1.165) is 11.5 Å². The number of carboxylic acids is 1. The molecule has 0 fully saturated rings. The van der Waals surface area contributed by atoms with Crippen molar-refractivity contribution >= 4 is 5.97 Å². The molecule has 0 saturated heterocycles. The van der Waals surface area contributed by atoms with E-state index in [9.17, 15) is 36.6 Å². The van der Waals surface area contributed by atoms with E-state index in [1.54, 1.807) is 43.3 Å². The molecule has 1 N–H and O–H groups in total. The Balaban J connectivity index is 2.01. The number of rotatable bonds is 10. The lowest BCUT2D eigenvalue weighted by atomic mass is 10.1. The fourth-order valence-corrected chi connectivity index (χ4v) is 4.05. The first-order valence-electron chi connectivity index (χ1n) is 11.9. The summed E-state index contributed by atoms with van der Waals surface area (Å²) in [5, 5.41) is 9.62. The van der Waals surface area contributed by atoms with Crippen LogP contribution in [0.1, 0.15) is 59.6 Å². The number of benzene rings is 2. The molecule has 0 saturated carbocycles. The molecule has 0 bridgehead atoms. The van der Waals surface area contributed by atoms with Crippen LogP contribution in [-0.2, 0) is 23.7 Å². The molecule has 1 unspecified atom stereocenters. The molecule has 3 aromatic rings. The second-order valence-electron chi connectivity index (χ2n) is 8.90. The number of hydrogen-bond acceptors (Lipinski definition) is 4. The number of unbranched alkanes of at least 4 members (excludes halogenated alkanes) is 1. The van der Waals surface area contributed by atoms with Gasteiger partial charge in [-0.1, -0.05) is 55.8 Å². The van der Waals surface area contributed by atoms with Crippen molar-refractivity contribution in [3.8, 4) is 5.75 Å². The average Bonchev–Trinajstić information content (AvgIpc) is 2.83. The zero-order valence-electron chi connectivity index (χ0n) is 21.0. The number of halogens is 5. The van der Waals surface area contributed by atoms with E-state index in [1.165, 1.54) is 12.1 Å². The van der Waals surface area contributed by atoms with E-state index in [-0.39, 0.29) is 24.5 Å². The van der Waals surface area contributed by atoms with Gasteiger partial charge in [0.2, 0.25) is 6.10 Å². The van der Waals surface area contributed by atoms with E-state index < -0.39 is 41.0 Å². The van der Waals surface area contributed by atoms with Crippen molar-refractivity contribution in [1.29, 1.82) is 0 Å². The molecule has 6 nitrogen and oxygen atoms in total. The number of carboxylic acid groups (broad SMARTS) is 1. The van der Waals surface area contributed by atoms with E-state index in [4.69, 9.17) is 4.74 Å². The van der Waals surface area contributed by atoms with Crippen LogP contribution in [0.25, 0.3) is 0 Å². The lowest BCUT2D eigenvalue weighted by molar-refractivity contribution is -0.290. The van der Waals surface area contributed by atoms with Crippen molar-refractivity contribution in [2.75, 3.05) is 0 Å². The summed E-state index contributed by atoms with van der Waals surface area (Å²) in [6.45, 7) is 4.15. The monoisotopic (exact) mass is 538 g/mol. The molecule has 38 heavy (non-hydrogen) atoms. The summed E-state index contributed by atoms with van der Waals surface area (Å²) in [6.07, 6.45) is -5.81. The number of hydrogen-bond donors (Lipinski definition) is 1. The van der Waals surface area contributed by atoms with Crippen molar-refractivity contribution < 1.29 is 36.6 Å². The van der Waals surface area contributed by atoms with Gasteiger partial charge < -0.3 is 9.84 Å². The van der Waals surface area contributed by atoms with Crippen molar-refractivity contribution in [2.45, 2.75) is 64.8 Å². The first-order chi connectivity index (χ1) is 17.8. The quantitative estimate of drug-likeness (QED) is 0.315. The topological polar surface area (TPSA) is 81.4 Å². The summed E-state index contributed by atoms with van der Waals surface area (Å²) in [5.74, 6) is -6.25. The third kappa shape index (κ3) is 6.03. The van der Waals surface area contributed by atoms with Gasteiger partial charge in [-0.05, 0) is 37.5 Å². The van der Waals surface area contributed by atoms with Crippen LogP contribution >= 0.6 is 0 Å². The SMILES string of the molecule is CCCCc1nc(C)c(C(F)(F)C(F)(F)F)c(=O)n1Cc1ccc(OC(C(=O)O)c2ccccc2)c(C)c1. The van der Waals surface area contributed by atoms with E-state index in [2.05, 4.69) is 4.98 Å². The third-order valence-corrected chi connectivity index (χ3v) is 6.00. The molecule has 3 rings (SSSR count). The Bertz CT molecular complexity index is 1350. The second kappa shape index (κ2) is 11.3. The Morgan fingerprint density at radius 2 is 1.74 bits per heavy atom. The smallest absolute Gasteiger partial charge is 0.458 e. The highest BCUT2D eigenvalue weighted by Crippen LogP contribution is 2.43. The van der Waals surface area contributed by atoms with Crippen molar-refractivity contribution in [2.24, 2.45) is 0 Å². The third-order valence-electron chi connectivity index (χ3n) is 6.00. The summed E-state index contributed by atoms with van der Waals surface area (Å²) < 4.78 is 74.6. The van der Waals surface area contributed by atoms with Gasteiger partial charge in [0.05, 0.1) is 12.2 Å². The van der Waals surface area contributed by atoms with Crippen molar-refractivity contribution in [1.82, 2.24) is 9.55 Å². The molecular weight excluding hydrogens is 511 g/mol. The van der Waals surface area contributed by atoms with E-state index in [0.29, 0.717) is 29.5 Å². The minimum Gasteiger partial charge on any atom is -0.478 e. The molecular formula is C27H27F5N2O4. The Morgan fingerprint density at radius 3 is 2.29 bits per heavy atom. The van der Waals surface area contributed by atoms with Crippen LogP contribution in [0.5, 0.6) is 5.75 Å². The molecule has 0 spiro atoms. The van der Waals surface area contributed by atoms with Crippen molar-refractivity contribution in [3.63, 3.8) is 0 Å². The number of aliphatic carboxylic acids is 1. The van der Waals surface area contributed by atoms with Crippen LogP contribution in [0.2, 0.25) is 0 Å². The first kappa shape index (κ1) is 28.8. The predicted molar refractivity (Wildman–Crippen MR) is 130 cm³/mol. The molecule has 1 atom stereocenters. The number of aryl methyl sites for hydroxylation is 3. The molecule has 1 heterocycles. The van der Waals surface area contributed by atoms with Gasteiger partial charge in [0, 0.05) is 12.0 Å². The molecule has 2 aromatic carbocycles. The summed E-state index contributed by atoms with van der Waals surface area (Å²) in [7, 11) is 0. The van der Waals surface area contributed by atoms with E-state index in [1.807, 2.05) is 6.92 Å². The maximum atomic E-state index is 14.3. The molecule has 0 radical (unpaired) electrons. The van der Waals surface area contributed by atoms with Gasteiger partial charge in [0.1, 0.15) is 17.1 Å². The second-order valence-corrected chi connectivity index (χ2v) is 8.90. The Morgan fingerprint density at radius 1 is 1.08 bits per heavy atom. The Kier molecular flexibility index (Phi) is 8.58. The lowest BCUT2D eigenvalue weighted by Gasteiger charge is -2.23. The van der Waals surface area contributed by atoms with Crippen LogP contribution in [0.3, 0.4) is 0 Å². The minimum atomic E-state index is -5.96. The number of aromatic nitrogens is 2. The highest BCUT2D eigenvalue weighted by Gasteiger charge is 2.61. The standard InChI is InChI=1S/C27H27F5N2O4/c1-4-5-11-21-33-17(3)22(26(28,29)27(30,31)32)24(35)34(21)15-18-12-13-20(16(2)14-18)38-23(25(36)37)19-9-7-6-8-10-19/h6-10,12-14,23H,4-5,11,15H2,1-3H3,(H,36,37). The van der Waals surface area contributed by atoms with Crippen LogP contribution in [0.4, 0.5) is 22.0 Å². The average molecular weight is 539 g/mol. The van der Waals surface area contributed by atoms with Gasteiger partial charge in [-0.2, -0.15) is 22.0 Å². The zero-order valence-corrected chi connectivity index (χ0v) is 21.0. The fraction of sp³-hybridized carbons (Fsp3) is 0.370. The summed E-state index contributed by atoms with van der Waals surface area (Å²) in [4.78, 5) is 28.8. The highest BCUT2D eigenvalue weighted by molar-refractivity contribution is 5.75. The maximum Gasteiger partial charge on any atom is 0.458 e. The summed E-state index contributed by atoms with van der Waals surface area (Å²) in [6, 6.07) is 12.8. The molecule has 0 amide bonds. The normalized spacial score (nSPS) is 12.8. The largest absolute Gasteiger partial charge is 0.478 e. The first-order valence-corrected chi connectivity index (χ1v) is 11.9. The highest BCUT2D eigenvalue weighted by atomic mass is 19.4. The van der Waals surface area contributed by atoms with Gasteiger partial charge in [0.25, 0.3) is 5.56 Å². The van der Waals surface area contributed by atoms with Crippen LogP contribution < -0.4 is 10.3 Å². The zero-order chi connectivity index (χ0) is 28.3. The van der Waals surface area contributed by atoms with Crippen LogP contribution in [0, 0.1) is 13.8 Å². The number of carbonyl (C=O) groups is 1. The molecule has 0 aliphatic heterocycles. The Hall–Kier alpha value is -3.76. The minimum absolute atomic E-state index is 0.101. The van der Waals surface area contributed by atoms with Crippen LogP contribution in [0.15, 0.2) is 53.3 Å². The number of ether oxygens (including phenoxy) is 1. The lowest BCUT2D eigenvalue weighted by Crippen LogP contribution is -2.42. The maximum absolute atomic E-state index is 14.3. The van der Waals surface area contributed by atoms with Crippen LogP contribution in [-0.4, -0.2) is 26.8 Å². The molecule has 204 valence electrons. The van der Waals surface area contributed by atoms with Gasteiger partial charge in [0.15, 0.2) is 0 Å². The molecule has 11 heteroatoms. The number of alkyl halides is 5. The van der Waals surface area contributed by atoms with Gasteiger partial charge in [-0.15, -0.1) is 0 Å². The van der Waals surface area contributed by atoms with Gasteiger partial charge >= 0.3 is 18.1 Å². The summed E-state index contributed by atoms with van der Waals surface area (Å²) >= 11 is 0. The summed E-state index contributed by atoms with van der Waals surface area (Å²) in [5.41, 5.74) is -2.52. The molecule has 0 aliphatic carbocycles. The predicted octanol–water partition coefficient (Wildman–Crippen LogP) is 6.11. The molecule has 0 aliphatic rings. The van der Waals surface area contributed by atoms with Crippen molar-refractivity contribution in [3.05, 3.63) is 92.7 Å². The molecule has 1 aromatic heterocycles.